The van der Waals surface area contributed by atoms with E-state index < -0.39 is 4.92 Å². The van der Waals surface area contributed by atoms with Crippen LogP contribution >= 0.6 is 0 Å². The van der Waals surface area contributed by atoms with E-state index >= 15 is 0 Å². The van der Waals surface area contributed by atoms with Crippen molar-refractivity contribution in [1.82, 2.24) is 10.2 Å². The number of benzene rings is 2. The van der Waals surface area contributed by atoms with Crippen LogP contribution in [0, 0.1) is 15.9 Å². The van der Waals surface area contributed by atoms with Crippen molar-refractivity contribution in [3.05, 3.63) is 75.7 Å². The molecular formula is C20H20FN5O2. The zero-order chi connectivity index (χ0) is 19.7. The van der Waals surface area contributed by atoms with Crippen molar-refractivity contribution in [1.29, 1.82) is 0 Å². The van der Waals surface area contributed by atoms with E-state index in [0.29, 0.717) is 23.1 Å². The minimum absolute atomic E-state index is 0.0315. The van der Waals surface area contributed by atoms with Gasteiger partial charge in [-0.2, -0.15) is 5.10 Å². The number of aromatic amines is 1. The lowest BCUT2D eigenvalue weighted by Gasteiger charge is -2.16. The molecule has 0 amide bonds. The molecule has 0 radical (unpaired) electrons. The van der Waals surface area contributed by atoms with Crippen LogP contribution in [0.4, 0.5) is 27.3 Å². The van der Waals surface area contributed by atoms with Crippen LogP contribution in [-0.4, -0.2) is 15.1 Å². The predicted octanol–water partition coefficient (Wildman–Crippen LogP) is 5.25. The number of nitro groups is 1. The highest BCUT2D eigenvalue weighted by atomic mass is 19.1. The van der Waals surface area contributed by atoms with E-state index in [-0.39, 0.29) is 17.5 Å². The van der Waals surface area contributed by atoms with Gasteiger partial charge in [-0.15, -0.1) is 0 Å². The van der Waals surface area contributed by atoms with Crippen LogP contribution < -0.4 is 10.6 Å². The van der Waals surface area contributed by atoms with Gasteiger partial charge in [0.05, 0.1) is 4.92 Å². The van der Waals surface area contributed by atoms with E-state index in [0.717, 1.165) is 24.1 Å². The Morgan fingerprint density at radius 2 is 1.96 bits per heavy atom. The second-order valence-electron chi connectivity index (χ2n) is 7.01. The summed E-state index contributed by atoms with van der Waals surface area (Å²) in [5.74, 6) is 0.777. The van der Waals surface area contributed by atoms with Gasteiger partial charge in [-0.05, 0) is 49.6 Å². The monoisotopic (exact) mass is 381 g/mol. The van der Waals surface area contributed by atoms with Gasteiger partial charge in [-0.25, -0.2) is 4.39 Å². The van der Waals surface area contributed by atoms with Gasteiger partial charge in [0.2, 0.25) is 0 Å². The second kappa shape index (κ2) is 7.30. The molecule has 3 N–H and O–H groups in total. The maximum Gasteiger partial charge on any atom is 0.292 e. The van der Waals surface area contributed by atoms with Crippen molar-refractivity contribution in [3.63, 3.8) is 0 Å². The van der Waals surface area contributed by atoms with Gasteiger partial charge in [-0.1, -0.05) is 12.1 Å². The molecule has 3 aromatic rings. The van der Waals surface area contributed by atoms with Crippen LogP contribution in [0.25, 0.3) is 0 Å². The highest BCUT2D eigenvalue weighted by molar-refractivity contribution is 5.73. The molecule has 2 aromatic carbocycles. The molecule has 1 saturated carbocycles. The Labute approximate surface area is 161 Å². The molecule has 0 saturated heterocycles. The number of anilines is 3. The molecule has 0 aliphatic heterocycles. The molecule has 7 nitrogen and oxygen atoms in total. The molecule has 1 heterocycles. The first kappa shape index (κ1) is 18.0. The van der Waals surface area contributed by atoms with Crippen LogP contribution in [0.3, 0.4) is 0 Å². The van der Waals surface area contributed by atoms with Crippen molar-refractivity contribution in [2.45, 2.75) is 31.7 Å². The standard InChI is InChI=1S/C20H20FN5O2/c1-12(13-4-6-15(21)7-5-13)22-16-8-9-19(26(27)28)18(10-16)23-20-11-17(24-25-20)14-2-3-14/h4-12,14,22H,2-3H2,1H3,(H2,23,24,25). The summed E-state index contributed by atoms with van der Waals surface area (Å²) in [5.41, 5.74) is 2.99. The normalized spacial score (nSPS) is 14.5. The van der Waals surface area contributed by atoms with Crippen molar-refractivity contribution < 1.29 is 9.31 Å². The van der Waals surface area contributed by atoms with E-state index in [9.17, 15) is 14.5 Å². The minimum Gasteiger partial charge on any atom is -0.378 e. The fraction of sp³-hybridized carbons (Fsp3) is 0.250. The third-order valence-corrected chi connectivity index (χ3v) is 4.82. The SMILES string of the molecule is CC(Nc1ccc([N+](=O)[O-])c(Nc2cc(C3CC3)[nH]n2)c1)c1ccc(F)cc1. The Kier molecular flexibility index (Phi) is 4.68. The first-order valence-corrected chi connectivity index (χ1v) is 9.12. The van der Waals surface area contributed by atoms with Crippen molar-refractivity contribution in [2.75, 3.05) is 10.6 Å². The summed E-state index contributed by atoms with van der Waals surface area (Å²) in [5, 5.41) is 24.9. The van der Waals surface area contributed by atoms with Crippen molar-refractivity contribution >= 4 is 22.9 Å². The Morgan fingerprint density at radius 3 is 2.64 bits per heavy atom. The quantitative estimate of drug-likeness (QED) is 0.384. The molecule has 0 bridgehead atoms. The van der Waals surface area contributed by atoms with E-state index in [1.165, 1.54) is 18.2 Å². The molecule has 144 valence electrons. The molecule has 0 spiro atoms. The smallest absolute Gasteiger partial charge is 0.292 e. The van der Waals surface area contributed by atoms with Crippen molar-refractivity contribution in [3.8, 4) is 0 Å². The van der Waals surface area contributed by atoms with Gasteiger partial charge >= 0.3 is 0 Å². The largest absolute Gasteiger partial charge is 0.378 e. The van der Waals surface area contributed by atoms with Gasteiger partial charge < -0.3 is 10.6 Å². The molecule has 8 heteroatoms. The number of aromatic nitrogens is 2. The lowest BCUT2D eigenvalue weighted by molar-refractivity contribution is -0.383. The molecule has 1 atom stereocenters. The zero-order valence-electron chi connectivity index (χ0n) is 15.3. The molecule has 1 aliphatic carbocycles. The maximum absolute atomic E-state index is 13.1. The summed E-state index contributed by atoms with van der Waals surface area (Å²) < 4.78 is 13.1. The first-order chi connectivity index (χ1) is 13.5. The van der Waals surface area contributed by atoms with E-state index in [4.69, 9.17) is 0 Å². The fourth-order valence-corrected chi connectivity index (χ4v) is 3.11. The van der Waals surface area contributed by atoms with Gasteiger partial charge in [-0.3, -0.25) is 15.2 Å². The molecule has 1 fully saturated rings. The summed E-state index contributed by atoms with van der Waals surface area (Å²) in [6.07, 6.45) is 2.28. The lowest BCUT2D eigenvalue weighted by atomic mass is 10.1. The zero-order valence-corrected chi connectivity index (χ0v) is 15.3. The number of nitrogens with one attached hydrogen (secondary N) is 3. The number of hydrogen-bond donors (Lipinski definition) is 3. The Hall–Kier alpha value is -3.42. The van der Waals surface area contributed by atoms with Gasteiger partial charge in [0, 0.05) is 35.5 Å². The Bertz CT molecular complexity index is 998. The third-order valence-electron chi connectivity index (χ3n) is 4.82. The second-order valence-corrected chi connectivity index (χ2v) is 7.01. The molecule has 1 aromatic heterocycles. The summed E-state index contributed by atoms with van der Waals surface area (Å²) in [6, 6.07) is 12.8. The average molecular weight is 381 g/mol. The summed E-state index contributed by atoms with van der Waals surface area (Å²) in [4.78, 5) is 11.0. The predicted molar refractivity (Wildman–Crippen MR) is 105 cm³/mol. The van der Waals surface area contributed by atoms with E-state index in [1.54, 1.807) is 24.3 Å². The first-order valence-electron chi connectivity index (χ1n) is 9.12. The molecular weight excluding hydrogens is 361 g/mol. The van der Waals surface area contributed by atoms with Crippen molar-refractivity contribution in [2.24, 2.45) is 0 Å². The molecule has 4 rings (SSSR count). The van der Waals surface area contributed by atoms with Crippen LogP contribution in [0.5, 0.6) is 0 Å². The minimum atomic E-state index is -0.427. The average Bonchev–Trinajstić information content (AvgIpc) is 3.42. The van der Waals surface area contributed by atoms with Crippen LogP contribution in [0.1, 0.15) is 43.0 Å². The highest BCUT2D eigenvalue weighted by Gasteiger charge is 2.26. The summed E-state index contributed by atoms with van der Waals surface area (Å²) in [6.45, 7) is 1.94. The molecule has 1 aliphatic rings. The number of rotatable bonds is 7. The third kappa shape index (κ3) is 3.95. The molecule has 1 unspecified atom stereocenters. The van der Waals surface area contributed by atoms with Gasteiger partial charge in [0.1, 0.15) is 11.5 Å². The van der Waals surface area contributed by atoms with E-state index in [2.05, 4.69) is 20.8 Å². The number of H-pyrrole nitrogens is 1. The highest BCUT2D eigenvalue weighted by Crippen LogP contribution is 2.40. The number of nitro benzene ring substituents is 1. The molecule has 28 heavy (non-hydrogen) atoms. The van der Waals surface area contributed by atoms with Crippen LogP contribution in [0.15, 0.2) is 48.5 Å². The summed E-state index contributed by atoms with van der Waals surface area (Å²) in [7, 11) is 0. The van der Waals surface area contributed by atoms with E-state index in [1.807, 2.05) is 13.0 Å². The van der Waals surface area contributed by atoms with Gasteiger partial charge in [0.15, 0.2) is 5.82 Å². The topological polar surface area (TPSA) is 95.9 Å². The van der Waals surface area contributed by atoms with Crippen LogP contribution in [-0.2, 0) is 0 Å². The van der Waals surface area contributed by atoms with Gasteiger partial charge in [0.25, 0.3) is 5.69 Å². The number of halogens is 1. The number of hydrogen-bond acceptors (Lipinski definition) is 5. The lowest BCUT2D eigenvalue weighted by Crippen LogP contribution is -2.07. The van der Waals surface area contributed by atoms with Crippen LogP contribution in [0.2, 0.25) is 0 Å². The Morgan fingerprint density at radius 1 is 1.21 bits per heavy atom. The fourth-order valence-electron chi connectivity index (χ4n) is 3.11. The maximum atomic E-state index is 13.1. The number of nitrogens with zero attached hydrogens (tertiary/aromatic N) is 2. The summed E-state index contributed by atoms with van der Waals surface area (Å²) >= 11 is 0. The Balaban J connectivity index is 1.55.